The highest BCUT2D eigenvalue weighted by atomic mass is 16.5. The Bertz CT molecular complexity index is 2800. The van der Waals surface area contributed by atoms with Gasteiger partial charge >= 0.3 is 0 Å². The molecule has 6 amide bonds. The van der Waals surface area contributed by atoms with Gasteiger partial charge in [-0.15, -0.1) is 0 Å². The molecule has 16 nitrogen and oxygen atoms in total. The summed E-state index contributed by atoms with van der Waals surface area (Å²) in [5, 5.41) is 6.37. The molecule has 0 bridgehead atoms. The lowest BCUT2D eigenvalue weighted by atomic mass is 9.86. The third-order valence-electron chi connectivity index (χ3n) is 19.6. The quantitative estimate of drug-likeness (QED) is 0.0315. The number of nitrogens with one attached hydrogen (secondary N) is 2. The molecule has 0 aliphatic carbocycles. The highest BCUT2D eigenvalue weighted by Crippen LogP contribution is 2.43. The van der Waals surface area contributed by atoms with E-state index in [0.717, 1.165) is 113 Å². The summed E-state index contributed by atoms with van der Waals surface area (Å²) in [4.78, 5) is 88.7. The Balaban J connectivity index is 1.15. The fourth-order valence-electron chi connectivity index (χ4n) is 13.3. The van der Waals surface area contributed by atoms with E-state index in [0.29, 0.717) is 109 Å². The number of amides is 6. The fraction of sp³-hybridized carbons (Fsp3) is 0.667. The number of carbonyl (C=O) groups is 6. The lowest BCUT2D eigenvalue weighted by Crippen LogP contribution is -2.46. The first-order valence-electron chi connectivity index (χ1n) is 39.5. The van der Waals surface area contributed by atoms with Crippen molar-refractivity contribution in [3.05, 3.63) is 81.9 Å². The summed E-state index contributed by atoms with van der Waals surface area (Å²) < 4.78 is 39.1. The van der Waals surface area contributed by atoms with Crippen LogP contribution in [-0.4, -0.2) is 111 Å². The maximum absolute atomic E-state index is 14.5. The lowest BCUT2D eigenvalue weighted by Gasteiger charge is -2.32. The van der Waals surface area contributed by atoms with Gasteiger partial charge < -0.3 is 39.1 Å². The average molecular weight is 1390 g/mol. The van der Waals surface area contributed by atoms with Crippen LogP contribution in [0.25, 0.3) is 10.8 Å². The van der Waals surface area contributed by atoms with Crippen LogP contribution in [-0.2, 0) is 0 Å². The number of unbranched alkanes of at least 4 members (excludes halogenated alkanes) is 20. The Morgan fingerprint density at radius 2 is 0.610 bits per heavy atom. The zero-order valence-corrected chi connectivity index (χ0v) is 63.4. The number of ether oxygens (including phenoxy) is 6. The molecule has 0 aromatic heterocycles. The van der Waals surface area contributed by atoms with Gasteiger partial charge in [0.25, 0.3) is 35.4 Å². The van der Waals surface area contributed by atoms with Crippen LogP contribution >= 0.6 is 0 Å². The van der Waals surface area contributed by atoms with E-state index in [1.54, 1.807) is 24.3 Å². The summed E-state index contributed by atoms with van der Waals surface area (Å²) >= 11 is 0. The van der Waals surface area contributed by atoms with Crippen LogP contribution < -0.4 is 39.1 Å². The molecule has 0 saturated heterocycles. The summed E-state index contributed by atoms with van der Waals surface area (Å²) in [6.07, 6.45) is 34.9. The molecule has 16 heteroatoms. The van der Waals surface area contributed by atoms with Crippen LogP contribution in [0.3, 0.4) is 0 Å². The standard InChI is InChI=1S/C84H128N4O12/c1-11-15-19-23-27-31-51-95-71-57-65(58-72(96-52-32-28-24-20-16-12-2)77(71)99-55-45-63(9)39-35-37-61(5)6)79(89)85-47-49-87-81(91)67-41-43-69-76-70(44-42-68(75(67)76)82(87)92)84(94)88(83(69)93)50-48-86-80(90)66-59-73(97-53-33-29-25-21-17-13-3)78(100-56-46-64(10)40-36-38-62(7)8)74(60-66)98-54-34-30-26-22-18-14-4/h41-44,57-64H,11-40,45-56H2,1-10H3,(H,85,89)(H,86,90)/t63-,64-/m0/s1. The van der Waals surface area contributed by atoms with Crippen LogP contribution in [0.15, 0.2) is 48.5 Å². The number of hydrogen-bond donors (Lipinski definition) is 2. The molecule has 4 aromatic rings. The van der Waals surface area contributed by atoms with Crippen molar-refractivity contribution in [2.75, 3.05) is 65.8 Å². The molecular formula is C84H128N4O12. The molecule has 0 spiro atoms. The van der Waals surface area contributed by atoms with Gasteiger partial charge in [0.15, 0.2) is 23.0 Å². The molecule has 100 heavy (non-hydrogen) atoms. The van der Waals surface area contributed by atoms with E-state index in [1.165, 1.54) is 127 Å². The molecule has 4 aromatic carbocycles. The van der Waals surface area contributed by atoms with Crippen molar-refractivity contribution >= 4 is 46.2 Å². The van der Waals surface area contributed by atoms with Crippen LogP contribution in [0, 0.1) is 23.7 Å². The second-order valence-corrected chi connectivity index (χ2v) is 29.3. The van der Waals surface area contributed by atoms with Gasteiger partial charge in [-0.2, -0.15) is 0 Å². The third kappa shape index (κ3) is 26.5. The molecule has 0 unspecified atom stereocenters. The first kappa shape index (κ1) is 82.1. The molecule has 2 atom stereocenters. The summed E-state index contributed by atoms with van der Waals surface area (Å²) in [5.74, 6) is 1.72. The van der Waals surface area contributed by atoms with Gasteiger partial charge in [0, 0.05) is 70.3 Å². The Labute approximate surface area is 601 Å². The van der Waals surface area contributed by atoms with Crippen molar-refractivity contribution in [3.8, 4) is 34.5 Å². The normalized spacial score (nSPS) is 13.4. The molecule has 2 heterocycles. The Kier molecular flexibility index (Phi) is 37.7. The van der Waals surface area contributed by atoms with Crippen LogP contribution in [0.5, 0.6) is 34.5 Å². The van der Waals surface area contributed by atoms with Gasteiger partial charge in [-0.25, -0.2) is 0 Å². The summed E-state index contributed by atoms with van der Waals surface area (Å²) in [5.41, 5.74) is 1.25. The zero-order chi connectivity index (χ0) is 72.0. The number of hydrogen-bond acceptors (Lipinski definition) is 12. The van der Waals surface area contributed by atoms with Crippen molar-refractivity contribution in [1.82, 2.24) is 20.4 Å². The van der Waals surface area contributed by atoms with E-state index in [-0.39, 0.29) is 59.2 Å². The highest BCUT2D eigenvalue weighted by Gasteiger charge is 2.40. The minimum absolute atomic E-state index is 0.0668. The molecule has 2 aliphatic rings. The SMILES string of the molecule is CCCCCCCCOc1cc(C(=O)NCCN2C(=O)c3ccc4c5c(ccc(c35)C2=O)C(=O)N(CCNC(=O)c2cc(OCCCCCCCC)c(OCC[C@@H](C)CCCC(C)C)c(OCCCCCCCC)c2)C4=O)cc(OCCCCCCCC)c1OCC[C@@H](C)CCCC(C)C. The highest BCUT2D eigenvalue weighted by molar-refractivity contribution is 6.33. The topological polar surface area (TPSA) is 188 Å². The van der Waals surface area contributed by atoms with Crippen LogP contribution in [0.4, 0.5) is 0 Å². The van der Waals surface area contributed by atoms with Crippen molar-refractivity contribution in [2.24, 2.45) is 23.7 Å². The van der Waals surface area contributed by atoms with E-state index in [4.69, 9.17) is 28.4 Å². The molecule has 2 N–H and O–H groups in total. The van der Waals surface area contributed by atoms with Crippen LogP contribution in [0.1, 0.15) is 337 Å². The van der Waals surface area contributed by atoms with Gasteiger partial charge in [0.1, 0.15) is 0 Å². The predicted molar refractivity (Wildman–Crippen MR) is 404 cm³/mol. The van der Waals surface area contributed by atoms with Crippen molar-refractivity contribution < 1.29 is 57.2 Å². The monoisotopic (exact) mass is 1380 g/mol. The van der Waals surface area contributed by atoms with Crippen molar-refractivity contribution in [3.63, 3.8) is 0 Å². The van der Waals surface area contributed by atoms with Crippen molar-refractivity contribution in [2.45, 2.75) is 275 Å². The van der Waals surface area contributed by atoms with E-state index in [9.17, 15) is 28.8 Å². The maximum Gasteiger partial charge on any atom is 0.261 e. The zero-order valence-electron chi connectivity index (χ0n) is 63.4. The van der Waals surface area contributed by atoms with E-state index in [1.807, 2.05) is 0 Å². The van der Waals surface area contributed by atoms with Crippen LogP contribution in [0.2, 0.25) is 0 Å². The molecule has 0 saturated carbocycles. The predicted octanol–water partition coefficient (Wildman–Crippen LogP) is 20.3. The maximum atomic E-state index is 14.5. The first-order valence-corrected chi connectivity index (χ1v) is 39.5. The third-order valence-corrected chi connectivity index (χ3v) is 19.6. The number of nitrogens with zero attached hydrogens (tertiary/aromatic N) is 2. The number of benzene rings is 4. The first-order chi connectivity index (χ1) is 48.5. The lowest BCUT2D eigenvalue weighted by molar-refractivity contribution is 0.0588. The second kappa shape index (κ2) is 45.9. The van der Waals surface area contributed by atoms with Gasteiger partial charge in [-0.05, 0) is 111 Å². The summed E-state index contributed by atoms with van der Waals surface area (Å²) in [6.45, 7) is 24.7. The van der Waals surface area contributed by atoms with Gasteiger partial charge in [0.2, 0.25) is 11.5 Å². The Hall–Kier alpha value is -6.84. The summed E-state index contributed by atoms with van der Waals surface area (Å²) in [7, 11) is 0. The van der Waals surface area contributed by atoms with E-state index in [2.05, 4.69) is 79.9 Å². The largest absolute Gasteiger partial charge is 0.490 e. The van der Waals surface area contributed by atoms with Crippen molar-refractivity contribution in [1.29, 1.82) is 0 Å². The second-order valence-electron chi connectivity index (χ2n) is 29.3. The number of carbonyl (C=O) groups excluding carboxylic acids is 6. The molecular weight excluding hydrogens is 1260 g/mol. The Morgan fingerprint density at radius 3 is 0.880 bits per heavy atom. The molecule has 556 valence electrons. The van der Waals surface area contributed by atoms with E-state index >= 15 is 0 Å². The average Bonchev–Trinajstić information content (AvgIpc) is 0.714. The molecule has 6 rings (SSSR count). The number of rotatable bonds is 56. The van der Waals surface area contributed by atoms with E-state index < -0.39 is 35.4 Å². The van der Waals surface area contributed by atoms with Gasteiger partial charge in [0.05, 0.1) is 39.6 Å². The van der Waals surface area contributed by atoms with Gasteiger partial charge in [-0.1, -0.05) is 236 Å². The summed E-state index contributed by atoms with van der Waals surface area (Å²) in [6, 6.07) is 12.9. The minimum atomic E-state index is -0.611. The Morgan fingerprint density at radius 1 is 0.340 bits per heavy atom. The number of imide groups is 2. The molecule has 0 fully saturated rings. The fourth-order valence-corrected chi connectivity index (χ4v) is 13.3. The molecule has 0 radical (unpaired) electrons. The molecule has 2 aliphatic heterocycles. The van der Waals surface area contributed by atoms with Gasteiger partial charge in [-0.3, -0.25) is 38.6 Å². The minimum Gasteiger partial charge on any atom is -0.490 e. The smallest absolute Gasteiger partial charge is 0.261 e.